The zero-order valence-electron chi connectivity index (χ0n) is 10.1. The molecule has 0 aliphatic carbocycles. The lowest BCUT2D eigenvalue weighted by Gasteiger charge is -2.07. The lowest BCUT2D eigenvalue weighted by molar-refractivity contribution is 0.0697. The van der Waals surface area contributed by atoms with Crippen LogP contribution >= 0.6 is 11.3 Å². The van der Waals surface area contributed by atoms with Gasteiger partial charge in [0.2, 0.25) is 5.91 Å². The Labute approximate surface area is 117 Å². The number of carbonyl (C=O) groups excluding carboxylic acids is 1. The van der Waals surface area contributed by atoms with Gasteiger partial charge in [-0.05, 0) is 29.6 Å². The van der Waals surface area contributed by atoms with Crippen molar-refractivity contribution in [2.75, 3.05) is 0 Å². The average molecular weight is 295 g/mol. The first-order valence-corrected chi connectivity index (χ1v) is 6.39. The normalized spacial score (nSPS) is 10.2. The summed E-state index contributed by atoms with van der Waals surface area (Å²) in [6.07, 6.45) is 0. The van der Waals surface area contributed by atoms with Gasteiger partial charge in [0.1, 0.15) is 18.2 Å². The maximum atomic E-state index is 13.6. The summed E-state index contributed by atoms with van der Waals surface area (Å²) < 4.78 is 18.9. The quantitative estimate of drug-likeness (QED) is 0.885. The summed E-state index contributed by atoms with van der Waals surface area (Å²) in [5.74, 6) is -2.18. The highest BCUT2D eigenvalue weighted by Gasteiger charge is 2.14. The van der Waals surface area contributed by atoms with E-state index in [1.54, 1.807) is 5.38 Å². The van der Waals surface area contributed by atoms with Gasteiger partial charge in [0.05, 0.1) is 0 Å². The highest BCUT2D eigenvalue weighted by Crippen LogP contribution is 2.26. The second-order valence-corrected chi connectivity index (χ2v) is 4.79. The Morgan fingerprint density at radius 1 is 1.35 bits per heavy atom. The largest absolute Gasteiger partial charge is 0.487 e. The molecule has 3 N–H and O–H groups in total. The maximum Gasteiger partial charge on any atom is 0.349 e. The number of carboxylic acids is 1. The van der Waals surface area contributed by atoms with E-state index in [1.165, 1.54) is 18.2 Å². The molecule has 0 atom stereocenters. The molecule has 104 valence electrons. The van der Waals surface area contributed by atoms with Crippen LogP contribution in [0.15, 0.2) is 29.6 Å². The van der Waals surface area contributed by atoms with Gasteiger partial charge >= 0.3 is 5.97 Å². The molecule has 0 bridgehead atoms. The molecule has 0 spiro atoms. The van der Waals surface area contributed by atoms with Crippen molar-refractivity contribution in [2.24, 2.45) is 5.73 Å². The summed E-state index contributed by atoms with van der Waals surface area (Å²) in [7, 11) is 0. The van der Waals surface area contributed by atoms with Crippen molar-refractivity contribution in [1.82, 2.24) is 0 Å². The number of amides is 1. The number of thiophene rings is 1. The second kappa shape index (κ2) is 5.70. The molecule has 2 aromatic rings. The number of aromatic carboxylic acids is 1. The molecule has 0 radical (unpaired) electrons. The summed E-state index contributed by atoms with van der Waals surface area (Å²) in [6.45, 7) is -0.191. The molecular formula is C13H10FNO4S. The minimum atomic E-state index is -1.11. The summed E-state index contributed by atoms with van der Waals surface area (Å²) in [5, 5.41) is 10.5. The Morgan fingerprint density at radius 2 is 2.10 bits per heavy atom. The van der Waals surface area contributed by atoms with Crippen molar-refractivity contribution in [3.8, 4) is 5.75 Å². The summed E-state index contributed by atoms with van der Waals surface area (Å²) in [4.78, 5) is 22.0. The van der Waals surface area contributed by atoms with E-state index < -0.39 is 17.7 Å². The van der Waals surface area contributed by atoms with Gasteiger partial charge in [0.25, 0.3) is 0 Å². The SMILES string of the molecule is NC(=O)c1ccc(F)c(COc2ccsc2C(=O)O)c1. The molecule has 20 heavy (non-hydrogen) atoms. The van der Waals surface area contributed by atoms with Gasteiger partial charge in [-0.3, -0.25) is 4.79 Å². The minimum Gasteiger partial charge on any atom is -0.487 e. The fraction of sp³-hybridized carbons (Fsp3) is 0.0769. The Balaban J connectivity index is 2.18. The molecule has 7 heteroatoms. The number of benzene rings is 1. The van der Waals surface area contributed by atoms with Crippen LogP contribution in [-0.4, -0.2) is 17.0 Å². The van der Waals surface area contributed by atoms with Gasteiger partial charge < -0.3 is 15.6 Å². The Bertz CT molecular complexity index is 668. The first kappa shape index (κ1) is 14.0. The average Bonchev–Trinajstić information content (AvgIpc) is 2.86. The van der Waals surface area contributed by atoms with E-state index in [0.717, 1.165) is 17.4 Å². The number of hydrogen-bond acceptors (Lipinski definition) is 4. The van der Waals surface area contributed by atoms with Crippen LogP contribution in [0.5, 0.6) is 5.75 Å². The van der Waals surface area contributed by atoms with Crippen molar-refractivity contribution in [3.05, 3.63) is 51.5 Å². The molecule has 1 aromatic carbocycles. The van der Waals surface area contributed by atoms with Crippen LogP contribution in [0.25, 0.3) is 0 Å². The number of ether oxygens (including phenoxy) is 1. The highest BCUT2D eigenvalue weighted by molar-refractivity contribution is 7.12. The third kappa shape index (κ3) is 2.94. The number of carbonyl (C=O) groups is 2. The molecule has 2 rings (SSSR count). The van der Waals surface area contributed by atoms with Gasteiger partial charge in [-0.15, -0.1) is 11.3 Å². The standard InChI is InChI=1S/C13H10FNO4S/c14-9-2-1-7(12(15)16)5-8(9)6-19-10-3-4-20-11(10)13(17)18/h1-5H,6H2,(H2,15,16)(H,17,18). The van der Waals surface area contributed by atoms with E-state index in [0.29, 0.717) is 0 Å². The van der Waals surface area contributed by atoms with Gasteiger partial charge in [0.15, 0.2) is 4.88 Å². The Morgan fingerprint density at radius 3 is 2.75 bits per heavy atom. The molecule has 0 aliphatic rings. The van der Waals surface area contributed by atoms with E-state index >= 15 is 0 Å². The fourth-order valence-corrected chi connectivity index (χ4v) is 2.23. The molecule has 1 aromatic heterocycles. The predicted molar refractivity (Wildman–Crippen MR) is 70.5 cm³/mol. The van der Waals surface area contributed by atoms with Gasteiger partial charge in [-0.25, -0.2) is 9.18 Å². The van der Waals surface area contributed by atoms with Gasteiger partial charge in [-0.1, -0.05) is 0 Å². The lowest BCUT2D eigenvalue weighted by atomic mass is 10.1. The summed E-state index contributed by atoms with van der Waals surface area (Å²) in [5.41, 5.74) is 5.40. The number of rotatable bonds is 5. The topological polar surface area (TPSA) is 89.6 Å². The molecule has 0 aliphatic heterocycles. The van der Waals surface area contributed by atoms with E-state index in [4.69, 9.17) is 15.6 Å². The van der Waals surface area contributed by atoms with Crippen molar-refractivity contribution in [1.29, 1.82) is 0 Å². The van der Waals surface area contributed by atoms with Crippen molar-refractivity contribution in [3.63, 3.8) is 0 Å². The van der Waals surface area contributed by atoms with E-state index in [-0.39, 0.29) is 28.4 Å². The molecule has 1 amide bonds. The molecule has 0 fully saturated rings. The van der Waals surface area contributed by atoms with E-state index in [1.807, 2.05) is 0 Å². The van der Waals surface area contributed by atoms with Crippen LogP contribution in [0.3, 0.4) is 0 Å². The molecule has 5 nitrogen and oxygen atoms in total. The van der Waals surface area contributed by atoms with Crippen molar-refractivity contribution >= 4 is 23.2 Å². The number of halogens is 1. The lowest BCUT2D eigenvalue weighted by Crippen LogP contribution is -2.12. The number of nitrogens with two attached hydrogens (primary N) is 1. The monoisotopic (exact) mass is 295 g/mol. The molecule has 0 saturated heterocycles. The number of primary amides is 1. The fourth-order valence-electron chi connectivity index (χ4n) is 1.56. The van der Waals surface area contributed by atoms with Crippen LogP contribution in [0.1, 0.15) is 25.6 Å². The van der Waals surface area contributed by atoms with Crippen molar-refractivity contribution in [2.45, 2.75) is 6.61 Å². The first-order chi connectivity index (χ1) is 9.49. The Hall–Kier alpha value is -2.41. The first-order valence-electron chi connectivity index (χ1n) is 5.51. The van der Waals surface area contributed by atoms with Crippen LogP contribution in [0, 0.1) is 5.82 Å². The minimum absolute atomic E-state index is 0.0384. The smallest absolute Gasteiger partial charge is 0.349 e. The van der Waals surface area contributed by atoms with Crippen LogP contribution in [-0.2, 0) is 6.61 Å². The zero-order valence-corrected chi connectivity index (χ0v) is 10.9. The third-order valence-electron chi connectivity index (χ3n) is 2.54. The number of hydrogen-bond donors (Lipinski definition) is 2. The predicted octanol–water partition coefficient (Wildman–Crippen LogP) is 2.26. The van der Waals surface area contributed by atoms with Gasteiger partial charge in [0, 0.05) is 11.1 Å². The highest BCUT2D eigenvalue weighted by atomic mass is 32.1. The third-order valence-corrected chi connectivity index (χ3v) is 3.42. The van der Waals surface area contributed by atoms with Crippen LogP contribution in [0.2, 0.25) is 0 Å². The molecule has 0 saturated carbocycles. The zero-order chi connectivity index (χ0) is 14.7. The molecule has 0 unspecified atom stereocenters. The maximum absolute atomic E-state index is 13.6. The van der Waals surface area contributed by atoms with Crippen LogP contribution < -0.4 is 10.5 Å². The van der Waals surface area contributed by atoms with Gasteiger partial charge in [-0.2, -0.15) is 0 Å². The molecular weight excluding hydrogens is 285 g/mol. The summed E-state index contributed by atoms with van der Waals surface area (Å²) in [6, 6.07) is 5.16. The molecule has 1 heterocycles. The van der Waals surface area contributed by atoms with Crippen LogP contribution in [0.4, 0.5) is 4.39 Å². The Kier molecular flexibility index (Phi) is 3.99. The van der Waals surface area contributed by atoms with Crippen molar-refractivity contribution < 1.29 is 23.8 Å². The van der Waals surface area contributed by atoms with E-state index in [2.05, 4.69) is 0 Å². The van der Waals surface area contributed by atoms with E-state index in [9.17, 15) is 14.0 Å². The second-order valence-electron chi connectivity index (χ2n) is 3.88. The number of carboxylic acid groups (broad SMARTS) is 1. The summed E-state index contributed by atoms with van der Waals surface area (Å²) >= 11 is 1.01.